The summed E-state index contributed by atoms with van der Waals surface area (Å²) in [6.45, 7) is 0. The molecule has 0 unspecified atom stereocenters. The number of rotatable bonds is 3. The van der Waals surface area contributed by atoms with Crippen molar-refractivity contribution in [1.82, 2.24) is 9.78 Å². The van der Waals surface area contributed by atoms with Gasteiger partial charge in [-0.25, -0.2) is 9.48 Å². The molecule has 0 bridgehead atoms. The van der Waals surface area contributed by atoms with E-state index in [4.69, 9.17) is 23.2 Å². The van der Waals surface area contributed by atoms with Crippen LogP contribution in [0.25, 0.3) is 16.9 Å². The van der Waals surface area contributed by atoms with Crippen molar-refractivity contribution in [3.05, 3.63) is 68.7 Å². The van der Waals surface area contributed by atoms with Gasteiger partial charge in [-0.05, 0) is 40.2 Å². The molecule has 4 nitrogen and oxygen atoms in total. The Hall–Kier alpha value is -1.82. The molecule has 0 saturated carbocycles. The molecule has 2 aromatic carbocycles. The number of carbonyl (C=O) groups is 1. The third-order valence-electron chi connectivity index (χ3n) is 3.23. The van der Waals surface area contributed by atoms with Crippen LogP contribution in [0.15, 0.2) is 53.0 Å². The number of hydrogen-bond acceptors (Lipinski definition) is 2. The molecular formula is C16H9BrCl2N2O2. The molecule has 0 saturated heterocycles. The normalized spacial score (nSPS) is 10.7. The smallest absolute Gasteiger partial charge is 0.357 e. The van der Waals surface area contributed by atoms with Gasteiger partial charge in [0.25, 0.3) is 0 Å². The molecule has 1 N–H and O–H groups in total. The topological polar surface area (TPSA) is 55.1 Å². The lowest BCUT2D eigenvalue weighted by Gasteiger charge is -2.10. The Morgan fingerprint density at radius 2 is 1.74 bits per heavy atom. The van der Waals surface area contributed by atoms with Crippen molar-refractivity contribution in [2.45, 2.75) is 0 Å². The molecule has 0 radical (unpaired) electrons. The Morgan fingerprint density at radius 3 is 2.35 bits per heavy atom. The fourth-order valence-electron chi connectivity index (χ4n) is 2.19. The summed E-state index contributed by atoms with van der Waals surface area (Å²) in [5.41, 5.74) is 1.86. The predicted octanol–water partition coefficient (Wildman–Crippen LogP) is 5.31. The van der Waals surface area contributed by atoms with Gasteiger partial charge in [0.15, 0.2) is 5.69 Å². The molecule has 0 aliphatic heterocycles. The van der Waals surface area contributed by atoms with Gasteiger partial charge in [-0.1, -0.05) is 47.5 Å². The second-order valence-corrected chi connectivity index (χ2v) is 6.32. The van der Waals surface area contributed by atoms with Gasteiger partial charge >= 0.3 is 5.97 Å². The van der Waals surface area contributed by atoms with E-state index in [0.29, 0.717) is 25.9 Å². The maximum Gasteiger partial charge on any atom is 0.357 e. The number of aromatic nitrogens is 2. The van der Waals surface area contributed by atoms with E-state index in [1.807, 2.05) is 6.07 Å². The minimum Gasteiger partial charge on any atom is -0.476 e. The Labute approximate surface area is 150 Å². The molecule has 0 atom stereocenters. The number of para-hydroxylation sites is 1. The van der Waals surface area contributed by atoms with E-state index >= 15 is 0 Å². The first-order valence-corrected chi connectivity index (χ1v) is 8.06. The van der Waals surface area contributed by atoms with E-state index < -0.39 is 5.97 Å². The molecule has 0 aliphatic rings. The lowest BCUT2D eigenvalue weighted by Crippen LogP contribution is -2.02. The summed E-state index contributed by atoms with van der Waals surface area (Å²) in [5, 5.41) is 14.6. The van der Waals surface area contributed by atoms with Crippen molar-refractivity contribution in [2.75, 3.05) is 0 Å². The van der Waals surface area contributed by atoms with Crippen molar-refractivity contribution in [1.29, 1.82) is 0 Å². The first kappa shape index (κ1) is 16.1. The Bertz CT molecular complexity index is 892. The molecular weight excluding hydrogens is 403 g/mol. The quantitative estimate of drug-likeness (QED) is 0.635. The zero-order valence-electron chi connectivity index (χ0n) is 11.5. The molecule has 0 fully saturated rings. The lowest BCUT2D eigenvalue weighted by atomic mass is 10.1. The van der Waals surface area contributed by atoms with E-state index in [0.717, 1.165) is 5.56 Å². The molecule has 1 heterocycles. The van der Waals surface area contributed by atoms with E-state index in [2.05, 4.69) is 21.0 Å². The third-order valence-corrected chi connectivity index (χ3v) is 4.55. The summed E-state index contributed by atoms with van der Waals surface area (Å²) in [6.07, 6.45) is 0. The number of nitrogens with zero attached hydrogens (tertiary/aromatic N) is 2. The summed E-state index contributed by atoms with van der Waals surface area (Å²) < 4.78 is 1.89. The average Bonchev–Trinajstić information content (AvgIpc) is 2.86. The van der Waals surface area contributed by atoms with Crippen LogP contribution in [-0.2, 0) is 0 Å². The van der Waals surface area contributed by atoms with Gasteiger partial charge in [0.2, 0.25) is 0 Å². The fraction of sp³-hybridized carbons (Fsp3) is 0. The van der Waals surface area contributed by atoms with Crippen LogP contribution in [0.2, 0.25) is 10.0 Å². The van der Waals surface area contributed by atoms with Crippen molar-refractivity contribution >= 4 is 45.1 Å². The second kappa shape index (κ2) is 6.35. The van der Waals surface area contributed by atoms with Crippen LogP contribution in [0.4, 0.5) is 0 Å². The van der Waals surface area contributed by atoms with Crippen LogP contribution < -0.4 is 0 Å². The van der Waals surface area contributed by atoms with E-state index in [1.54, 1.807) is 42.5 Å². The highest BCUT2D eigenvalue weighted by atomic mass is 79.9. The molecule has 3 rings (SSSR count). The Kier molecular flexibility index (Phi) is 4.43. The van der Waals surface area contributed by atoms with Crippen molar-refractivity contribution in [3.8, 4) is 16.9 Å². The number of hydrogen-bond donors (Lipinski definition) is 1. The SMILES string of the molecule is O=C(O)c1nn(-c2ccccc2Cl)c(-c2ccc(Cl)cc2)c1Br. The highest BCUT2D eigenvalue weighted by Crippen LogP contribution is 2.35. The first-order chi connectivity index (χ1) is 11.0. The summed E-state index contributed by atoms with van der Waals surface area (Å²) in [4.78, 5) is 11.4. The number of aromatic carboxylic acids is 1. The van der Waals surface area contributed by atoms with Crippen LogP contribution in [0, 0.1) is 0 Å². The van der Waals surface area contributed by atoms with E-state index in [9.17, 15) is 9.90 Å². The van der Waals surface area contributed by atoms with Crippen LogP contribution in [0.5, 0.6) is 0 Å². The Balaban J connectivity index is 2.31. The minimum absolute atomic E-state index is 0.0881. The predicted molar refractivity (Wildman–Crippen MR) is 93.7 cm³/mol. The van der Waals surface area contributed by atoms with Crippen LogP contribution in [-0.4, -0.2) is 20.9 Å². The van der Waals surface area contributed by atoms with E-state index in [1.165, 1.54) is 4.68 Å². The average molecular weight is 412 g/mol. The summed E-state index contributed by atoms with van der Waals surface area (Å²) in [5.74, 6) is -1.13. The molecule has 1 aromatic heterocycles. The van der Waals surface area contributed by atoms with Gasteiger partial charge in [0.05, 0.1) is 20.9 Å². The molecule has 116 valence electrons. The number of carboxylic acids is 1. The summed E-state index contributed by atoms with van der Waals surface area (Å²) >= 11 is 15.5. The molecule has 3 aromatic rings. The van der Waals surface area contributed by atoms with Gasteiger partial charge in [-0.15, -0.1) is 0 Å². The van der Waals surface area contributed by atoms with Gasteiger partial charge in [0, 0.05) is 10.6 Å². The zero-order valence-corrected chi connectivity index (χ0v) is 14.6. The van der Waals surface area contributed by atoms with Gasteiger partial charge in [-0.3, -0.25) is 0 Å². The standard InChI is InChI=1S/C16H9BrCl2N2O2/c17-13-14(16(22)23)20-21(12-4-2-1-3-11(12)19)15(13)9-5-7-10(18)8-6-9/h1-8H,(H,22,23). The summed E-state index contributed by atoms with van der Waals surface area (Å²) in [6, 6.07) is 14.1. The number of benzene rings is 2. The lowest BCUT2D eigenvalue weighted by molar-refractivity contribution is 0.0689. The molecule has 0 amide bonds. The molecule has 0 aliphatic carbocycles. The maximum atomic E-state index is 11.4. The van der Waals surface area contributed by atoms with Crippen molar-refractivity contribution < 1.29 is 9.90 Å². The second-order valence-electron chi connectivity index (χ2n) is 4.69. The van der Waals surface area contributed by atoms with Crippen LogP contribution in [0.3, 0.4) is 0 Å². The largest absolute Gasteiger partial charge is 0.476 e. The highest BCUT2D eigenvalue weighted by molar-refractivity contribution is 9.10. The van der Waals surface area contributed by atoms with Gasteiger partial charge in [0.1, 0.15) is 0 Å². The van der Waals surface area contributed by atoms with E-state index in [-0.39, 0.29) is 5.69 Å². The monoisotopic (exact) mass is 410 g/mol. The molecule has 7 heteroatoms. The summed E-state index contributed by atoms with van der Waals surface area (Å²) in [7, 11) is 0. The number of carboxylic acid groups (broad SMARTS) is 1. The maximum absolute atomic E-state index is 11.4. The van der Waals surface area contributed by atoms with Crippen LogP contribution in [0.1, 0.15) is 10.5 Å². The van der Waals surface area contributed by atoms with Crippen molar-refractivity contribution in [2.24, 2.45) is 0 Å². The van der Waals surface area contributed by atoms with Gasteiger partial charge < -0.3 is 5.11 Å². The Morgan fingerprint density at radius 1 is 1.09 bits per heavy atom. The fourth-order valence-corrected chi connectivity index (χ4v) is 3.18. The first-order valence-electron chi connectivity index (χ1n) is 6.51. The van der Waals surface area contributed by atoms with Crippen LogP contribution >= 0.6 is 39.1 Å². The van der Waals surface area contributed by atoms with Gasteiger partial charge in [-0.2, -0.15) is 5.10 Å². The van der Waals surface area contributed by atoms with Crippen molar-refractivity contribution in [3.63, 3.8) is 0 Å². The zero-order chi connectivity index (χ0) is 16.6. The minimum atomic E-state index is -1.13. The third kappa shape index (κ3) is 3.00. The molecule has 23 heavy (non-hydrogen) atoms. The highest BCUT2D eigenvalue weighted by Gasteiger charge is 2.23. The number of halogens is 3. The molecule has 0 spiro atoms.